The Morgan fingerprint density at radius 2 is 1.85 bits per heavy atom. The van der Waals surface area contributed by atoms with Gasteiger partial charge in [-0.3, -0.25) is 9.59 Å². The van der Waals surface area contributed by atoms with Crippen LogP contribution in [0.2, 0.25) is 5.02 Å². The van der Waals surface area contributed by atoms with Crippen molar-refractivity contribution in [3.05, 3.63) is 22.8 Å². The molecule has 0 N–H and O–H groups in total. The second-order valence-corrected chi connectivity index (χ2v) is 7.59. The summed E-state index contributed by atoms with van der Waals surface area (Å²) in [5.74, 6) is 0.386. The van der Waals surface area contributed by atoms with Crippen molar-refractivity contribution in [1.29, 1.82) is 0 Å². The van der Waals surface area contributed by atoms with Crippen molar-refractivity contribution in [3.63, 3.8) is 0 Å². The Bertz CT molecular complexity index is 684. The molecule has 3 rings (SSSR count). The van der Waals surface area contributed by atoms with Gasteiger partial charge in [-0.2, -0.15) is 0 Å². The minimum Gasteiger partial charge on any atom is -0.474 e. The van der Waals surface area contributed by atoms with E-state index in [9.17, 15) is 9.59 Å². The Kier molecular flexibility index (Phi) is 6.55. The largest absolute Gasteiger partial charge is 0.474 e. The van der Waals surface area contributed by atoms with Gasteiger partial charge in [-0.05, 0) is 32.8 Å². The second kappa shape index (κ2) is 8.89. The van der Waals surface area contributed by atoms with E-state index in [0.29, 0.717) is 68.7 Å². The van der Waals surface area contributed by atoms with Crippen LogP contribution < -0.4 is 4.74 Å². The van der Waals surface area contributed by atoms with Crippen LogP contribution in [0.1, 0.15) is 37.0 Å². The average molecular weight is 396 g/mol. The van der Waals surface area contributed by atoms with E-state index in [0.717, 1.165) is 0 Å². The van der Waals surface area contributed by atoms with E-state index in [4.69, 9.17) is 21.1 Å². The third-order valence-corrected chi connectivity index (χ3v) is 5.13. The molecular formula is C19H26ClN3O4. The minimum absolute atomic E-state index is 0.0179. The monoisotopic (exact) mass is 395 g/mol. The minimum atomic E-state index is -0.113. The van der Waals surface area contributed by atoms with E-state index in [1.807, 2.05) is 18.7 Å². The van der Waals surface area contributed by atoms with Gasteiger partial charge in [-0.15, -0.1) is 0 Å². The lowest BCUT2D eigenvalue weighted by Gasteiger charge is -2.35. The molecule has 3 heterocycles. The fourth-order valence-electron chi connectivity index (χ4n) is 3.41. The van der Waals surface area contributed by atoms with Gasteiger partial charge in [0.25, 0.3) is 5.91 Å². The lowest BCUT2D eigenvalue weighted by molar-refractivity contribution is -0.141. The molecule has 0 saturated carbocycles. The van der Waals surface area contributed by atoms with Crippen molar-refractivity contribution < 1.29 is 19.1 Å². The number of rotatable bonds is 4. The number of piperidine rings is 1. The molecule has 1 aromatic rings. The summed E-state index contributed by atoms with van der Waals surface area (Å²) in [6, 6.07) is 1.60. The highest BCUT2D eigenvalue weighted by molar-refractivity contribution is 6.32. The number of ether oxygens (including phenoxy) is 2. The SMILES string of the molecule is CC(C)Oc1ncc(C(=O)N2CCC(C(=O)N3CCOCC3)CC2)cc1Cl. The normalized spacial score (nSPS) is 18.7. The third-order valence-electron chi connectivity index (χ3n) is 4.86. The van der Waals surface area contributed by atoms with Gasteiger partial charge in [0.2, 0.25) is 11.8 Å². The van der Waals surface area contributed by atoms with Crippen LogP contribution >= 0.6 is 11.6 Å². The highest BCUT2D eigenvalue weighted by Crippen LogP contribution is 2.26. The molecule has 0 atom stereocenters. The number of carbonyl (C=O) groups excluding carboxylic acids is 2. The first kappa shape index (κ1) is 19.9. The maximum Gasteiger partial charge on any atom is 0.255 e. The molecule has 2 fully saturated rings. The summed E-state index contributed by atoms with van der Waals surface area (Å²) in [6.07, 6.45) is 2.81. The number of likely N-dealkylation sites (tertiary alicyclic amines) is 1. The molecule has 2 aliphatic rings. The summed E-state index contributed by atoms with van der Waals surface area (Å²) < 4.78 is 10.8. The standard InChI is InChI=1S/C19H26ClN3O4/c1-13(2)27-17-16(20)11-15(12-21-17)19(25)22-5-3-14(4-6-22)18(24)23-7-9-26-10-8-23/h11-14H,3-10H2,1-2H3. The molecule has 2 aliphatic heterocycles. The highest BCUT2D eigenvalue weighted by Gasteiger charge is 2.31. The van der Waals surface area contributed by atoms with Gasteiger partial charge < -0.3 is 19.3 Å². The van der Waals surface area contributed by atoms with Crippen molar-refractivity contribution in [3.8, 4) is 5.88 Å². The smallest absolute Gasteiger partial charge is 0.255 e. The van der Waals surface area contributed by atoms with Crippen LogP contribution in [0.3, 0.4) is 0 Å². The molecule has 1 aromatic heterocycles. The molecule has 0 aliphatic carbocycles. The summed E-state index contributed by atoms with van der Waals surface area (Å²) >= 11 is 6.19. The summed E-state index contributed by atoms with van der Waals surface area (Å²) in [7, 11) is 0. The molecule has 2 saturated heterocycles. The Balaban J connectivity index is 1.56. The quantitative estimate of drug-likeness (QED) is 0.781. The summed E-state index contributed by atoms with van der Waals surface area (Å²) in [5.41, 5.74) is 0.439. The lowest BCUT2D eigenvalue weighted by Crippen LogP contribution is -2.47. The number of nitrogens with zero attached hydrogens (tertiary/aromatic N) is 3. The Hall–Kier alpha value is -1.86. The predicted octanol–water partition coefficient (Wildman–Crippen LogP) is 2.23. The van der Waals surface area contributed by atoms with Gasteiger partial charge in [0.05, 0.1) is 24.9 Å². The van der Waals surface area contributed by atoms with E-state index < -0.39 is 0 Å². The van der Waals surface area contributed by atoms with Gasteiger partial charge in [-0.1, -0.05) is 11.6 Å². The maximum absolute atomic E-state index is 12.7. The molecule has 0 radical (unpaired) electrons. The number of morpholine rings is 1. The van der Waals surface area contributed by atoms with Crippen molar-refractivity contribution in [2.75, 3.05) is 39.4 Å². The molecule has 8 heteroatoms. The van der Waals surface area contributed by atoms with E-state index in [1.165, 1.54) is 6.20 Å². The van der Waals surface area contributed by atoms with Crippen LogP contribution in [-0.2, 0) is 9.53 Å². The average Bonchev–Trinajstić information content (AvgIpc) is 2.69. The van der Waals surface area contributed by atoms with Crippen molar-refractivity contribution in [2.45, 2.75) is 32.8 Å². The number of hydrogen-bond donors (Lipinski definition) is 0. The third kappa shape index (κ3) is 4.90. The van der Waals surface area contributed by atoms with E-state index in [1.54, 1.807) is 11.0 Å². The maximum atomic E-state index is 12.7. The first-order valence-corrected chi connectivity index (χ1v) is 9.81. The molecule has 0 aromatic carbocycles. The molecule has 27 heavy (non-hydrogen) atoms. The molecule has 2 amide bonds. The summed E-state index contributed by atoms with van der Waals surface area (Å²) in [4.78, 5) is 33.1. The van der Waals surface area contributed by atoms with Crippen LogP contribution in [0.5, 0.6) is 5.88 Å². The van der Waals surface area contributed by atoms with Gasteiger partial charge in [0, 0.05) is 38.3 Å². The van der Waals surface area contributed by atoms with Gasteiger partial charge in [0.1, 0.15) is 5.02 Å². The van der Waals surface area contributed by atoms with Crippen molar-refractivity contribution >= 4 is 23.4 Å². The second-order valence-electron chi connectivity index (χ2n) is 7.18. The van der Waals surface area contributed by atoms with Crippen LogP contribution in [-0.4, -0.2) is 72.1 Å². The van der Waals surface area contributed by atoms with Gasteiger partial charge >= 0.3 is 0 Å². The molecule has 0 spiro atoms. The Morgan fingerprint density at radius 3 is 2.44 bits per heavy atom. The Morgan fingerprint density at radius 1 is 1.19 bits per heavy atom. The molecule has 0 unspecified atom stereocenters. The van der Waals surface area contributed by atoms with Crippen molar-refractivity contribution in [2.24, 2.45) is 5.92 Å². The lowest BCUT2D eigenvalue weighted by atomic mass is 9.94. The van der Waals surface area contributed by atoms with Crippen LogP contribution in [0.4, 0.5) is 0 Å². The number of carbonyl (C=O) groups is 2. The number of amides is 2. The summed E-state index contributed by atoms with van der Waals surface area (Å²) in [5, 5.41) is 0.326. The number of hydrogen-bond acceptors (Lipinski definition) is 5. The van der Waals surface area contributed by atoms with Gasteiger partial charge in [0.15, 0.2) is 0 Å². The Labute approximate surface area is 164 Å². The zero-order valence-electron chi connectivity index (χ0n) is 15.8. The number of aromatic nitrogens is 1. The first-order valence-electron chi connectivity index (χ1n) is 9.43. The summed E-state index contributed by atoms with van der Waals surface area (Å²) in [6.45, 7) is 7.42. The first-order chi connectivity index (χ1) is 13.0. The predicted molar refractivity (Wildman–Crippen MR) is 101 cm³/mol. The topological polar surface area (TPSA) is 72.0 Å². The fraction of sp³-hybridized carbons (Fsp3) is 0.632. The number of pyridine rings is 1. The molecular weight excluding hydrogens is 370 g/mol. The number of halogens is 1. The molecule has 0 bridgehead atoms. The van der Waals surface area contributed by atoms with Gasteiger partial charge in [-0.25, -0.2) is 4.98 Å². The fourth-order valence-corrected chi connectivity index (χ4v) is 3.62. The van der Waals surface area contributed by atoms with Crippen molar-refractivity contribution in [1.82, 2.24) is 14.8 Å². The highest BCUT2D eigenvalue weighted by atomic mass is 35.5. The zero-order valence-corrected chi connectivity index (χ0v) is 16.6. The van der Waals surface area contributed by atoms with E-state index >= 15 is 0 Å². The van der Waals surface area contributed by atoms with Crippen LogP contribution in [0, 0.1) is 5.92 Å². The van der Waals surface area contributed by atoms with Crippen LogP contribution in [0.25, 0.3) is 0 Å². The molecule has 7 nitrogen and oxygen atoms in total. The van der Waals surface area contributed by atoms with E-state index in [2.05, 4.69) is 4.98 Å². The van der Waals surface area contributed by atoms with Crippen LogP contribution in [0.15, 0.2) is 12.3 Å². The zero-order chi connectivity index (χ0) is 19.4. The van der Waals surface area contributed by atoms with E-state index in [-0.39, 0.29) is 23.8 Å². The molecule has 148 valence electrons.